The van der Waals surface area contributed by atoms with E-state index in [2.05, 4.69) is 5.32 Å². The summed E-state index contributed by atoms with van der Waals surface area (Å²) < 4.78 is 12.8. The Balaban J connectivity index is 1.97. The van der Waals surface area contributed by atoms with Gasteiger partial charge in [-0.05, 0) is 18.2 Å². The number of anilines is 1. The SMILES string of the molecule is O=C1CCC(=O)N1CNc1cccc(F)c1. The Morgan fingerprint density at radius 3 is 2.56 bits per heavy atom. The van der Waals surface area contributed by atoms with Gasteiger partial charge in [0.15, 0.2) is 0 Å². The molecule has 0 bridgehead atoms. The number of rotatable bonds is 3. The predicted octanol–water partition coefficient (Wildman–Crippen LogP) is 1.34. The fourth-order valence-electron chi connectivity index (χ4n) is 1.57. The average molecular weight is 222 g/mol. The molecule has 4 nitrogen and oxygen atoms in total. The van der Waals surface area contributed by atoms with Crippen LogP contribution in [0.25, 0.3) is 0 Å². The lowest BCUT2D eigenvalue weighted by molar-refractivity contribution is -0.137. The zero-order chi connectivity index (χ0) is 11.5. The number of halogens is 1. The van der Waals surface area contributed by atoms with Gasteiger partial charge < -0.3 is 5.32 Å². The van der Waals surface area contributed by atoms with Crippen LogP contribution in [0.4, 0.5) is 10.1 Å². The number of imide groups is 1. The molecule has 84 valence electrons. The standard InChI is InChI=1S/C11H11FN2O2/c12-8-2-1-3-9(6-8)13-7-14-10(15)4-5-11(14)16/h1-3,6,13H,4-5,7H2. The first-order valence-electron chi connectivity index (χ1n) is 4.99. The third kappa shape index (κ3) is 2.18. The molecule has 0 aliphatic carbocycles. The molecule has 0 unspecified atom stereocenters. The predicted molar refractivity (Wildman–Crippen MR) is 56.0 cm³/mol. The van der Waals surface area contributed by atoms with Crippen LogP contribution < -0.4 is 5.32 Å². The Bertz CT molecular complexity index is 418. The summed E-state index contributed by atoms with van der Waals surface area (Å²) in [5.41, 5.74) is 0.549. The summed E-state index contributed by atoms with van der Waals surface area (Å²) >= 11 is 0. The summed E-state index contributed by atoms with van der Waals surface area (Å²) in [6, 6.07) is 5.88. The highest BCUT2D eigenvalue weighted by Gasteiger charge is 2.28. The molecule has 1 aromatic carbocycles. The third-order valence-electron chi connectivity index (χ3n) is 2.42. The second-order valence-corrected chi connectivity index (χ2v) is 3.56. The number of hydrogen-bond donors (Lipinski definition) is 1. The Morgan fingerprint density at radius 2 is 1.94 bits per heavy atom. The zero-order valence-corrected chi connectivity index (χ0v) is 8.57. The van der Waals surface area contributed by atoms with Crippen LogP contribution in [0.3, 0.4) is 0 Å². The highest BCUT2D eigenvalue weighted by molar-refractivity contribution is 6.02. The molecule has 0 saturated carbocycles. The van der Waals surface area contributed by atoms with Crippen LogP contribution in [0.2, 0.25) is 0 Å². The van der Waals surface area contributed by atoms with E-state index in [1.165, 1.54) is 12.1 Å². The van der Waals surface area contributed by atoms with Crippen molar-refractivity contribution in [3.63, 3.8) is 0 Å². The van der Waals surface area contributed by atoms with Crippen LogP contribution in [0.5, 0.6) is 0 Å². The van der Waals surface area contributed by atoms with Crippen molar-refractivity contribution in [1.29, 1.82) is 0 Å². The number of benzene rings is 1. The van der Waals surface area contributed by atoms with Gasteiger partial charge in [-0.3, -0.25) is 14.5 Å². The van der Waals surface area contributed by atoms with E-state index >= 15 is 0 Å². The molecule has 2 rings (SSSR count). The van der Waals surface area contributed by atoms with Crippen molar-refractivity contribution < 1.29 is 14.0 Å². The van der Waals surface area contributed by atoms with E-state index < -0.39 is 0 Å². The fraction of sp³-hybridized carbons (Fsp3) is 0.273. The Labute approximate surface area is 92.0 Å². The zero-order valence-electron chi connectivity index (χ0n) is 8.57. The molecule has 1 aliphatic heterocycles. The van der Waals surface area contributed by atoms with Crippen molar-refractivity contribution in [2.75, 3.05) is 12.0 Å². The summed E-state index contributed by atoms with van der Waals surface area (Å²) in [6.07, 6.45) is 0.535. The monoisotopic (exact) mass is 222 g/mol. The maximum Gasteiger partial charge on any atom is 0.231 e. The summed E-state index contributed by atoms with van der Waals surface area (Å²) in [7, 11) is 0. The molecule has 0 aromatic heterocycles. The summed E-state index contributed by atoms with van der Waals surface area (Å²) in [5.74, 6) is -0.730. The van der Waals surface area contributed by atoms with Crippen molar-refractivity contribution in [3.05, 3.63) is 30.1 Å². The topological polar surface area (TPSA) is 49.4 Å². The number of carbonyl (C=O) groups excluding carboxylic acids is 2. The molecule has 5 heteroatoms. The lowest BCUT2D eigenvalue weighted by atomic mass is 10.3. The van der Waals surface area contributed by atoms with E-state index in [0.717, 1.165) is 4.90 Å². The van der Waals surface area contributed by atoms with E-state index in [4.69, 9.17) is 0 Å². The summed E-state index contributed by atoms with van der Waals surface area (Å²) in [5, 5.41) is 2.83. The Hall–Kier alpha value is -1.91. The van der Waals surface area contributed by atoms with Gasteiger partial charge in [-0.2, -0.15) is 0 Å². The minimum Gasteiger partial charge on any atom is -0.367 e. The maximum atomic E-state index is 12.8. The smallest absolute Gasteiger partial charge is 0.231 e. The van der Waals surface area contributed by atoms with Crippen molar-refractivity contribution in [2.45, 2.75) is 12.8 Å². The molecule has 1 saturated heterocycles. The molecule has 2 amide bonds. The van der Waals surface area contributed by atoms with Crippen LogP contribution in [-0.4, -0.2) is 23.4 Å². The van der Waals surface area contributed by atoms with Gasteiger partial charge in [0.2, 0.25) is 11.8 Å². The second kappa shape index (κ2) is 4.30. The van der Waals surface area contributed by atoms with Gasteiger partial charge in [0, 0.05) is 18.5 Å². The van der Waals surface area contributed by atoms with Gasteiger partial charge in [-0.1, -0.05) is 6.07 Å². The van der Waals surface area contributed by atoms with E-state index in [9.17, 15) is 14.0 Å². The normalized spacial score (nSPS) is 15.7. The number of amides is 2. The molecule has 16 heavy (non-hydrogen) atoms. The van der Waals surface area contributed by atoms with E-state index in [1.54, 1.807) is 12.1 Å². The second-order valence-electron chi connectivity index (χ2n) is 3.56. The highest BCUT2D eigenvalue weighted by atomic mass is 19.1. The first-order chi connectivity index (χ1) is 7.66. The van der Waals surface area contributed by atoms with Crippen LogP contribution in [0, 0.1) is 5.82 Å². The van der Waals surface area contributed by atoms with Gasteiger partial charge in [-0.25, -0.2) is 4.39 Å². The Kier molecular flexibility index (Phi) is 2.85. The molecule has 0 spiro atoms. The summed E-state index contributed by atoms with van der Waals surface area (Å²) in [6.45, 7) is 0.0983. The molecular formula is C11H11FN2O2. The van der Waals surface area contributed by atoms with Gasteiger partial charge in [0.25, 0.3) is 0 Å². The largest absolute Gasteiger partial charge is 0.367 e. The lowest BCUT2D eigenvalue weighted by Crippen LogP contribution is -2.33. The van der Waals surface area contributed by atoms with Crippen molar-refractivity contribution >= 4 is 17.5 Å². The van der Waals surface area contributed by atoms with Gasteiger partial charge in [0.1, 0.15) is 5.82 Å². The fourth-order valence-corrected chi connectivity index (χ4v) is 1.57. The minimum atomic E-state index is -0.357. The minimum absolute atomic E-state index is 0.0983. The van der Waals surface area contributed by atoms with Crippen LogP contribution >= 0.6 is 0 Å². The number of nitrogens with one attached hydrogen (secondary N) is 1. The molecule has 1 heterocycles. The van der Waals surface area contributed by atoms with E-state index in [-0.39, 0.29) is 37.1 Å². The van der Waals surface area contributed by atoms with E-state index in [0.29, 0.717) is 5.69 Å². The van der Waals surface area contributed by atoms with Gasteiger partial charge >= 0.3 is 0 Å². The molecule has 1 N–H and O–H groups in total. The number of likely N-dealkylation sites (tertiary alicyclic amines) is 1. The van der Waals surface area contributed by atoms with Gasteiger partial charge in [-0.15, -0.1) is 0 Å². The van der Waals surface area contributed by atoms with Crippen LogP contribution in [-0.2, 0) is 9.59 Å². The average Bonchev–Trinajstić information content (AvgIpc) is 2.56. The molecule has 1 fully saturated rings. The molecule has 1 aromatic rings. The number of carbonyl (C=O) groups is 2. The molecule has 0 atom stereocenters. The van der Waals surface area contributed by atoms with Crippen LogP contribution in [0.1, 0.15) is 12.8 Å². The maximum absolute atomic E-state index is 12.8. The van der Waals surface area contributed by atoms with Gasteiger partial charge in [0.05, 0.1) is 6.67 Å². The number of hydrogen-bond acceptors (Lipinski definition) is 3. The first-order valence-corrected chi connectivity index (χ1v) is 4.99. The Morgan fingerprint density at radius 1 is 1.25 bits per heavy atom. The number of nitrogens with zero attached hydrogens (tertiary/aromatic N) is 1. The van der Waals surface area contributed by atoms with Crippen molar-refractivity contribution in [2.24, 2.45) is 0 Å². The molecular weight excluding hydrogens is 211 g/mol. The molecule has 0 radical (unpaired) electrons. The lowest BCUT2D eigenvalue weighted by Gasteiger charge is -2.15. The highest BCUT2D eigenvalue weighted by Crippen LogP contribution is 2.13. The quantitative estimate of drug-likeness (QED) is 0.785. The molecule has 1 aliphatic rings. The van der Waals surface area contributed by atoms with Crippen LogP contribution in [0.15, 0.2) is 24.3 Å². The van der Waals surface area contributed by atoms with E-state index in [1.807, 2.05) is 0 Å². The van der Waals surface area contributed by atoms with Crippen molar-refractivity contribution in [1.82, 2.24) is 4.90 Å². The van der Waals surface area contributed by atoms with Crippen molar-refractivity contribution in [3.8, 4) is 0 Å². The third-order valence-corrected chi connectivity index (χ3v) is 2.42. The summed E-state index contributed by atoms with van der Waals surface area (Å²) in [4.78, 5) is 23.7. The first kappa shape index (κ1) is 10.6.